The van der Waals surface area contributed by atoms with Gasteiger partial charge in [-0.15, -0.1) is 0 Å². The van der Waals surface area contributed by atoms with Crippen LogP contribution in [0.2, 0.25) is 5.02 Å². The highest BCUT2D eigenvalue weighted by Crippen LogP contribution is 2.41. The van der Waals surface area contributed by atoms with Crippen molar-refractivity contribution >= 4 is 23.1 Å². The lowest BCUT2D eigenvalue weighted by atomic mass is 9.92. The Kier molecular flexibility index (Phi) is 5.19. The molecule has 0 saturated carbocycles. The van der Waals surface area contributed by atoms with Gasteiger partial charge in [0.1, 0.15) is 0 Å². The van der Waals surface area contributed by atoms with Crippen molar-refractivity contribution in [3.63, 3.8) is 0 Å². The van der Waals surface area contributed by atoms with Gasteiger partial charge in [0.2, 0.25) is 0 Å². The molecule has 0 bridgehead atoms. The molecule has 0 radical (unpaired) electrons. The van der Waals surface area contributed by atoms with Crippen LogP contribution in [0.15, 0.2) is 36.4 Å². The standard InChI is InChI=1S/C20H22ClNO3/c1-4-24-19-10-13(9-15(21)20(19)25-12(2)3)17-11-18(23)14-7-5-6-8-16(14)22-17/h5-10,12,17,22H,4,11H2,1-3H3. The maximum Gasteiger partial charge on any atom is 0.180 e. The summed E-state index contributed by atoms with van der Waals surface area (Å²) in [5.74, 6) is 1.27. The lowest BCUT2D eigenvalue weighted by Crippen LogP contribution is -2.22. The lowest BCUT2D eigenvalue weighted by Gasteiger charge is -2.27. The molecule has 1 unspecified atom stereocenters. The van der Waals surface area contributed by atoms with Crippen molar-refractivity contribution in [3.05, 3.63) is 52.5 Å². The molecule has 25 heavy (non-hydrogen) atoms. The van der Waals surface area contributed by atoms with Crippen LogP contribution in [-0.2, 0) is 0 Å². The molecule has 0 aromatic heterocycles. The second-order valence-electron chi connectivity index (χ2n) is 6.30. The fourth-order valence-corrected chi connectivity index (χ4v) is 3.25. The first-order chi connectivity index (χ1) is 12.0. The monoisotopic (exact) mass is 359 g/mol. The van der Waals surface area contributed by atoms with E-state index >= 15 is 0 Å². The van der Waals surface area contributed by atoms with Gasteiger partial charge in [-0.1, -0.05) is 23.7 Å². The van der Waals surface area contributed by atoms with E-state index in [1.54, 1.807) is 0 Å². The smallest absolute Gasteiger partial charge is 0.180 e. The first kappa shape index (κ1) is 17.6. The zero-order valence-corrected chi connectivity index (χ0v) is 15.4. The van der Waals surface area contributed by atoms with Crippen LogP contribution in [0.3, 0.4) is 0 Å². The van der Waals surface area contributed by atoms with Gasteiger partial charge in [0.25, 0.3) is 0 Å². The first-order valence-corrected chi connectivity index (χ1v) is 8.89. The highest BCUT2D eigenvalue weighted by Gasteiger charge is 2.27. The molecule has 1 N–H and O–H groups in total. The number of anilines is 1. The number of carbonyl (C=O) groups excluding carboxylic acids is 1. The number of hydrogen-bond acceptors (Lipinski definition) is 4. The summed E-state index contributed by atoms with van der Waals surface area (Å²) in [5.41, 5.74) is 2.49. The third-order valence-corrected chi connectivity index (χ3v) is 4.32. The molecule has 3 rings (SSSR count). The second kappa shape index (κ2) is 7.36. The van der Waals surface area contributed by atoms with Crippen molar-refractivity contribution in [3.8, 4) is 11.5 Å². The molecule has 4 nitrogen and oxygen atoms in total. The summed E-state index contributed by atoms with van der Waals surface area (Å²) >= 11 is 6.45. The molecule has 1 aliphatic heterocycles. The number of fused-ring (bicyclic) bond motifs is 1. The van der Waals surface area contributed by atoms with Gasteiger partial charge < -0.3 is 14.8 Å². The Morgan fingerprint density at radius 3 is 2.76 bits per heavy atom. The van der Waals surface area contributed by atoms with Crippen molar-refractivity contribution in [2.75, 3.05) is 11.9 Å². The first-order valence-electron chi connectivity index (χ1n) is 8.51. The number of Topliss-reactive ketones (excluding diaryl/α,β-unsaturated/α-hetero) is 1. The number of nitrogens with one attached hydrogen (secondary N) is 1. The highest BCUT2D eigenvalue weighted by atomic mass is 35.5. The number of benzene rings is 2. The van der Waals surface area contributed by atoms with Crippen LogP contribution < -0.4 is 14.8 Å². The molecule has 1 atom stereocenters. The van der Waals surface area contributed by atoms with Crippen LogP contribution in [0.25, 0.3) is 0 Å². The topological polar surface area (TPSA) is 47.6 Å². The SMILES string of the molecule is CCOc1cc(C2CC(=O)c3ccccc3N2)cc(Cl)c1OC(C)C. The largest absolute Gasteiger partial charge is 0.490 e. The molecule has 1 heterocycles. The van der Waals surface area contributed by atoms with Gasteiger partial charge in [-0.3, -0.25) is 4.79 Å². The molecule has 5 heteroatoms. The van der Waals surface area contributed by atoms with E-state index in [1.807, 2.05) is 57.2 Å². The van der Waals surface area contributed by atoms with E-state index in [2.05, 4.69) is 5.32 Å². The summed E-state index contributed by atoms with van der Waals surface area (Å²) in [4.78, 5) is 12.4. The van der Waals surface area contributed by atoms with Crippen LogP contribution >= 0.6 is 11.6 Å². The number of carbonyl (C=O) groups is 1. The third-order valence-electron chi connectivity index (χ3n) is 4.03. The molecule has 132 valence electrons. The summed E-state index contributed by atoms with van der Waals surface area (Å²) in [6.45, 7) is 6.31. The number of ketones is 1. The molecular weight excluding hydrogens is 338 g/mol. The van der Waals surface area contributed by atoms with Crippen molar-refractivity contribution in [1.29, 1.82) is 0 Å². The molecule has 0 saturated heterocycles. The zero-order valence-electron chi connectivity index (χ0n) is 14.6. The molecular formula is C20H22ClNO3. The number of halogens is 1. The van der Waals surface area contributed by atoms with Crippen molar-refractivity contribution < 1.29 is 14.3 Å². The molecule has 1 aliphatic rings. The van der Waals surface area contributed by atoms with Crippen molar-refractivity contribution in [1.82, 2.24) is 0 Å². The van der Waals surface area contributed by atoms with E-state index < -0.39 is 0 Å². The Balaban J connectivity index is 1.97. The third kappa shape index (κ3) is 3.74. The van der Waals surface area contributed by atoms with E-state index in [4.69, 9.17) is 21.1 Å². The predicted octanol–water partition coefficient (Wildman–Crippen LogP) is 5.27. The van der Waals surface area contributed by atoms with E-state index in [1.165, 1.54) is 0 Å². The summed E-state index contributed by atoms with van der Waals surface area (Å²) in [6.07, 6.45) is 0.368. The fourth-order valence-electron chi connectivity index (χ4n) is 2.99. The quantitative estimate of drug-likeness (QED) is 0.790. The normalized spacial score (nSPS) is 16.4. The molecule has 0 aliphatic carbocycles. The maximum absolute atomic E-state index is 12.4. The van der Waals surface area contributed by atoms with Crippen molar-refractivity contribution in [2.45, 2.75) is 39.3 Å². The molecule has 0 amide bonds. The van der Waals surface area contributed by atoms with Gasteiger partial charge in [-0.05, 0) is 50.6 Å². The summed E-state index contributed by atoms with van der Waals surface area (Å²) in [7, 11) is 0. The van der Waals surface area contributed by atoms with Crippen molar-refractivity contribution in [2.24, 2.45) is 0 Å². The van der Waals surface area contributed by atoms with Crippen LogP contribution in [-0.4, -0.2) is 18.5 Å². The fraction of sp³-hybridized carbons (Fsp3) is 0.350. The minimum atomic E-state index is -0.146. The lowest BCUT2D eigenvalue weighted by molar-refractivity contribution is 0.0972. The number of hydrogen-bond donors (Lipinski definition) is 1. The minimum absolute atomic E-state index is 0.0104. The number of para-hydroxylation sites is 1. The minimum Gasteiger partial charge on any atom is -0.490 e. The average Bonchev–Trinajstić information content (AvgIpc) is 2.57. The molecule has 0 spiro atoms. The Labute approximate surface area is 153 Å². The highest BCUT2D eigenvalue weighted by molar-refractivity contribution is 6.32. The Bertz CT molecular complexity index is 789. The summed E-state index contributed by atoms with van der Waals surface area (Å²) in [5, 5.41) is 3.91. The zero-order chi connectivity index (χ0) is 18.0. The van der Waals surface area contributed by atoms with Gasteiger partial charge in [-0.25, -0.2) is 0 Å². The predicted molar refractivity (Wildman–Crippen MR) is 100 cm³/mol. The average molecular weight is 360 g/mol. The summed E-state index contributed by atoms with van der Waals surface area (Å²) < 4.78 is 11.5. The molecule has 2 aromatic carbocycles. The molecule has 0 fully saturated rings. The van der Waals surface area contributed by atoms with Gasteiger partial charge in [-0.2, -0.15) is 0 Å². The number of ether oxygens (including phenoxy) is 2. The van der Waals surface area contributed by atoms with Gasteiger partial charge in [0, 0.05) is 17.7 Å². The van der Waals surface area contributed by atoms with Gasteiger partial charge in [0.05, 0.1) is 23.8 Å². The van der Waals surface area contributed by atoms with Crippen LogP contribution in [0.1, 0.15) is 49.2 Å². The van der Waals surface area contributed by atoms with Crippen LogP contribution in [0, 0.1) is 0 Å². The van der Waals surface area contributed by atoms with E-state index in [9.17, 15) is 4.79 Å². The maximum atomic E-state index is 12.4. The Morgan fingerprint density at radius 2 is 2.04 bits per heavy atom. The Morgan fingerprint density at radius 1 is 1.28 bits per heavy atom. The van der Waals surface area contributed by atoms with Gasteiger partial charge in [0.15, 0.2) is 17.3 Å². The molecule has 2 aromatic rings. The number of rotatable bonds is 5. The Hall–Kier alpha value is -2.20. The second-order valence-corrected chi connectivity index (χ2v) is 6.71. The van der Waals surface area contributed by atoms with E-state index in [-0.39, 0.29) is 17.9 Å². The van der Waals surface area contributed by atoms with Gasteiger partial charge >= 0.3 is 0 Å². The van der Waals surface area contributed by atoms with E-state index in [0.717, 1.165) is 16.8 Å². The summed E-state index contributed by atoms with van der Waals surface area (Å²) in [6, 6.07) is 11.2. The van der Waals surface area contributed by atoms with Crippen LogP contribution in [0.5, 0.6) is 11.5 Å². The van der Waals surface area contributed by atoms with Crippen LogP contribution in [0.4, 0.5) is 5.69 Å². The van der Waals surface area contributed by atoms with E-state index in [0.29, 0.717) is 29.5 Å².